The van der Waals surface area contributed by atoms with Gasteiger partial charge in [0.1, 0.15) is 0 Å². The van der Waals surface area contributed by atoms with E-state index in [1.807, 2.05) is 0 Å². The summed E-state index contributed by atoms with van der Waals surface area (Å²) in [5.74, 6) is 0.705. The predicted molar refractivity (Wildman–Crippen MR) is 194 cm³/mol. The van der Waals surface area contributed by atoms with Gasteiger partial charge in [0.15, 0.2) is 0 Å². The first-order valence-corrected chi connectivity index (χ1v) is 16.5. The standard InChI is InChI=1S/C44H33N3/c1-43(2)33-20-10-7-17-29(33)38-31(19-13-22-35(38)43)41-39-40(30-18-8-11-21-34(30)44(39,3)4)45-42(46-41)47-36-23-12-9-16-28(36)32-24-26-14-5-6-15-27(26)25-37(32)47/h5-25H,1-4H3. The molecule has 0 spiro atoms. The van der Waals surface area contributed by atoms with Gasteiger partial charge in [0, 0.05) is 38.3 Å². The Labute approximate surface area is 274 Å². The fourth-order valence-corrected chi connectivity index (χ4v) is 8.72. The van der Waals surface area contributed by atoms with Crippen LogP contribution in [-0.2, 0) is 10.8 Å². The van der Waals surface area contributed by atoms with Crippen LogP contribution >= 0.6 is 0 Å². The van der Waals surface area contributed by atoms with Crippen molar-refractivity contribution < 1.29 is 0 Å². The Balaban J connectivity index is 1.36. The molecule has 2 heterocycles. The van der Waals surface area contributed by atoms with Gasteiger partial charge in [0.25, 0.3) is 0 Å². The summed E-state index contributed by atoms with van der Waals surface area (Å²) in [6, 6.07) is 46.4. The van der Waals surface area contributed by atoms with Crippen LogP contribution in [-0.4, -0.2) is 14.5 Å². The summed E-state index contributed by atoms with van der Waals surface area (Å²) >= 11 is 0. The van der Waals surface area contributed by atoms with Gasteiger partial charge in [-0.25, -0.2) is 9.97 Å². The molecule has 3 heteroatoms. The smallest absolute Gasteiger partial charge is 0.235 e. The molecule has 2 aliphatic carbocycles. The van der Waals surface area contributed by atoms with Gasteiger partial charge in [-0.15, -0.1) is 0 Å². The van der Waals surface area contributed by atoms with Crippen molar-refractivity contribution in [3.8, 4) is 39.6 Å². The third-order valence-electron chi connectivity index (χ3n) is 11.0. The minimum Gasteiger partial charge on any atom is -0.278 e. The van der Waals surface area contributed by atoms with Gasteiger partial charge in [0.05, 0.1) is 22.4 Å². The van der Waals surface area contributed by atoms with E-state index in [2.05, 4.69) is 160 Å². The van der Waals surface area contributed by atoms with Crippen molar-refractivity contribution >= 4 is 32.6 Å². The lowest BCUT2D eigenvalue weighted by Crippen LogP contribution is -2.18. The molecule has 6 aromatic carbocycles. The lowest BCUT2D eigenvalue weighted by molar-refractivity contribution is 0.656. The summed E-state index contributed by atoms with van der Waals surface area (Å²) in [5.41, 5.74) is 14.1. The molecule has 0 saturated heterocycles. The van der Waals surface area contributed by atoms with Gasteiger partial charge in [-0.3, -0.25) is 4.57 Å². The molecule has 10 rings (SSSR count). The van der Waals surface area contributed by atoms with Crippen LogP contribution in [0.3, 0.4) is 0 Å². The second-order valence-electron chi connectivity index (χ2n) is 14.2. The van der Waals surface area contributed by atoms with Crippen molar-refractivity contribution in [1.29, 1.82) is 0 Å². The minimum absolute atomic E-state index is 0.104. The van der Waals surface area contributed by atoms with E-state index in [0.29, 0.717) is 5.95 Å². The SMILES string of the molecule is CC1(C)c2ccccc2-c2c(-c3nc(-n4c5ccccc5c5cc6ccccc6cc54)nc4c3C(C)(C)c3ccccc3-4)cccc21. The van der Waals surface area contributed by atoms with Crippen molar-refractivity contribution in [2.45, 2.75) is 38.5 Å². The Kier molecular flexibility index (Phi) is 5.13. The third kappa shape index (κ3) is 3.41. The zero-order chi connectivity index (χ0) is 31.7. The normalized spacial score (nSPS) is 15.1. The van der Waals surface area contributed by atoms with Crippen molar-refractivity contribution in [2.75, 3.05) is 0 Å². The van der Waals surface area contributed by atoms with Crippen LogP contribution in [0.1, 0.15) is 49.9 Å². The van der Waals surface area contributed by atoms with Gasteiger partial charge >= 0.3 is 0 Å². The molecular weight excluding hydrogens is 571 g/mol. The molecule has 47 heavy (non-hydrogen) atoms. The van der Waals surface area contributed by atoms with Gasteiger partial charge in [0.2, 0.25) is 5.95 Å². The quantitative estimate of drug-likeness (QED) is 0.197. The molecule has 0 amide bonds. The number of aromatic nitrogens is 3. The third-order valence-corrected chi connectivity index (χ3v) is 11.0. The van der Waals surface area contributed by atoms with Crippen molar-refractivity contribution in [1.82, 2.24) is 14.5 Å². The van der Waals surface area contributed by atoms with E-state index in [1.165, 1.54) is 66.1 Å². The monoisotopic (exact) mass is 603 g/mol. The first-order valence-electron chi connectivity index (χ1n) is 16.5. The van der Waals surface area contributed by atoms with E-state index in [-0.39, 0.29) is 10.8 Å². The molecule has 2 aromatic heterocycles. The molecule has 0 atom stereocenters. The van der Waals surface area contributed by atoms with Crippen molar-refractivity contribution in [2.24, 2.45) is 0 Å². The lowest BCUT2D eigenvalue weighted by Gasteiger charge is -2.25. The van der Waals surface area contributed by atoms with Crippen LogP contribution in [0, 0.1) is 0 Å². The summed E-state index contributed by atoms with van der Waals surface area (Å²) < 4.78 is 2.29. The van der Waals surface area contributed by atoms with Gasteiger partial charge < -0.3 is 0 Å². The zero-order valence-corrected chi connectivity index (χ0v) is 27.0. The van der Waals surface area contributed by atoms with Gasteiger partial charge in [-0.05, 0) is 56.8 Å². The summed E-state index contributed by atoms with van der Waals surface area (Å²) in [6.45, 7) is 9.36. The van der Waals surface area contributed by atoms with Crippen LogP contribution in [0.4, 0.5) is 0 Å². The minimum atomic E-state index is -0.271. The Morgan fingerprint density at radius 3 is 1.83 bits per heavy atom. The molecule has 8 aromatic rings. The van der Waals surface area contributed by atoms with Crippen LogP contribution < -0.4 is 0 Å². The average Bonchev–Trinajstić information content (AvgIpc) is 3.64. The Hall–Kier alpha value is -5.54. The largest absolute Gasteiger partial charge is 0.278 e. The molecule has 0 saturated carbocycles. The Bertz CT molecular complexity index is 2640. The average molecular weight is 604 g/mol. The lowest BCUT2D eigenvalue weighted by atomic mass is 9.79. The number of fused-ring (bicyclic) bond motifs is 10. The zero-order valence-electron chi connectivity index (χ0n) is 27.0. The first kappa shape index (κ1) is 26.7. The second kappa shape index (κ2) is 9.04. The fraction of sp³-hybridized carbons (Fsp3) is 0.136. The first-order chi connectivity index (χ1) is 22.8. The highest BCUT2D eigenvalue weighted by atomic mass is 15.2. The topological polar surface area (TPSA) is 30.7 Å². The molecule has 0 radical (unpaired) electrons. The van der Waals surface area contributed by atoms with E-state index in [4.69, 9.17) is 9.97 Å². The van der Waals surface area contributed by atoms with Gasteiger partial charge in [-0.1, -0.05) is 137 Å². The maximum absolute atomic E-state index is 5.67. The maximum Gasteiger partial charge on any atom is 0.235 e. The number of nitrogens with zero attached hydrogens (tertiary/aromatic N) is 3. The molecule has 0 unspecified atom stereocenters. The van der Waals surface area contributed by atoms with E-state index in [9.17, 15) is 0 Å². The van der Waals surface area contributed by atoms with Crippen molar-refractivity contribution in [3.63, 3.8) is 0 Å². The highest BCUT2D eigenvalue weighted by Crippen LogP contribution is 2.56. The van der Waals surface area contributed by atoms with Crippen LogP contribution in [0.25, 0.3) is 72.2 Å². The molecular formula is C44H33N3. The molecule has 0 aliphatic heterocycles. The molecule has 0 N–H and O–H groups in total. The molecule has 3 nitrogen and oxygen atoms in total. The van der Waals surface area contributed by atoms with Crippen molar-refractivity contribution in [3.05, 3.63) is 150 Å². The van der Waals surface area contributed by atoms with E-state index in [1.54, 1.807) is 0 Å². The number of hydrogen-bond donors (Lipinski definition) is 0. The second-order valence-corrected chi connectivity index (χ2v) is 14.2. The van der Waals surface area contributed by atoms with Gasteiger partial charge in [-0.2, -0.15) is 0 Å². The van der Waals surface area contributed by atoms with E-state index < -0.39 is 0 Å². The highest BCUT2D eigenvalue weighted by Gasteiger charge is 2.42. The predicted octanol–water partition coefficient (Wildman–Crippen LogP) is 11.0. The summed E-state index contributed by atoms with van der Waals surface area (Å²) in [7, 11) is 0. The number of hydrogen-bond acceptors (Lipinski definition) is 2. The van der Waals surface area contributed by atoms with Crippen LogP contribution in [0.2, 0.25) is 0 Å². The fourth-order valence-electron chi connectivity index (χ4n) is 8.72. The van der Waals surface area contributed by atoms with E-state index >= 15 is 0 Å². The van der Waals surface area contributed by atoms with Crippen LogP contribution in [0.5, 0.6) is 0 Å². The van der Waals surface area contributed by atoms with Crippen LogP contribution in [0.15, 0.2) is 127 Å². The summed E-state index contributed by atoms with van der Waals surface area (Å²) in [6.07, 6.45) is 0. The molecule has 0 bridgehead atoms. The Morgan fingerprint density at radius 1 is 0.468 bits per heavy atom. The van der Waals surface area contributed by atoms with E-state index in [0.717, 1.165) is 22.4 Å². The maximum atomic E-state index is 5.67. The molecule has 2 aliphatic rings. The molecule has 0 fully saturated rings. The Morgan fingerprint density at radius 2 is 1.04 bits per heavy atom. The number of benzene rings is 6. The number of para-hydroxylation sites is 1. The summed E-state index contributed by atoms with van der Waals surface area (Å²) in [4.78, 5) is 11.2. The summed E-state index contributed by atoms with van der Waals surface area (Å²) in [5, 5.41) is 4.85. The number of rotatable bonds is 2. The highest BCUT2D eigenvalue weighted by molar-refractivity contribution is 6.13. The molecule has 224 valence electrons.